The SMILES string of the molecule is FC(F)(F)Oc1ccc2[nH]cc(I)c2c1. The minimum atomic E-state index is -4.64. The Labute approximate surface area is 96.6 Å². The molecule has 0 saturated heterocycles. The monoisotopic (exact) mass is 327 g/mol. The quantitative estimate of drug-likeness (QED) is 0.795. The molecule has 0 atom stereocenters. The van der Waals surface area contributed by atoms with Gasteiger partial charge in [0, 0.05) is 20.7 Å². The predicted molar refractivity (Wildman–Crippen MR) is 57.7 cm³/mol. The molecule has 2 rings (SSSR count). The van der Waals surface area contributed by atoms with Crippen molar-refractivity contribution in [2.24, 2.45) is 0 Å². The summed E-state index contributed by atoms with van der Waals surface area (Å²) >= 11 is 2.04. The van der Waals surface area contributed by atoms with Crippen LogP contribution in [0.25, 0.3) is 10.9 Å². The van der Waals surface area contributed by atoms with Crippen LogP contribution in [0.15, 0.2) is 24.4 Å². The highest BCUT2D eigenvalue weighted by molar-refractivity contribution is 14.1. The van der Waals surface area contributed by atoms with Crippen LogP contribution in [0.5, 0.6) is 5.75 Å². The molecule has 0 spiro atoms. The maximum atomic E-state index is 11.9. The lowest BCUT2D eigenvalue weighted by Crippen LogP contribution is -2.16. The molecule has 1 aromatic carbocycles. The second-order valence-electron chi connectivity index (χ2n) is 2.89. The average Bonchev–Trinajstić information content (AvgIpc) is 2.45. The van der Waals surface area contributed by atoms with Gasteiger partial charge in [-0.1, -0.05) is 0 Å². The van der Waals surface area contributed by atoms with Crippen LogP contribution in [-0.2, 0) is 0 Å². The Balaban J connectivity index is 2.42. The number of aromatic nitrogens is 1. The first kappa shape index (κ1) is 10.6. The van der Waals surface area contributed by atoms with E-state index in [0.29, 0.717) is 0 Å². The zero-order valence-corrected chi connectivity index (χ0v) is 9.39. The van der Waals surface area contributed by atoms with Crippen molar-refractivity contribution in [1.82, 2.24) is 4.98 Å². The maximum Gasteiger partial charge on any atom is 0.573 e. The lowest BCUT2D eigenvalue weighted by atomic mass is 10.2. The summed E-state index contributed by atoms with van der Waals surface area (Å²) in [6.07, 6.45) is -2.92. The lowest BCUT2D eigenvalue weighted by Gasteiger charge is -2.08. The molecule has 0 bridgehead atoms. The van der Waals surface area contributed by atoms with Crippen molar-refractivity contribution >= 4 is 33.5 Å². The molecule has 0 amide bonds. The lowest BCUT2D eigenvalue weighted by molar-refractivity contribution is -0.274. The Kier molecular flexibility index (Phi) is 2.53. The smallest absolute Gasteiger partial charge is 0.406 e. The molecule has 1 heterocycles. The molecule has 2 nitrogen and oxygen atoms in total. The number of aromatic amines is 1. The molecule has 0 radical (unpaired) electrons. The first-order chi connectivity index (χ1) is 6.96. The van der Waals surface area contributed by atoms with E-state index in [9.17, 15) is 13.2 Å². The minimum absolute atomic E-state index is 0.201. The number of hydrogen-bond donors (Lipinski definition) is 1. The van der Waals surface area contributed by atoms with E-state index in [4.69, 9.17) is 0 Å². The van der Waals surface area contributed by atoms with Crippen LogP contribution in [0.2, 0.25) is 0 Å². The third-order valence-electron chi connectivity index (χ3n) is 1.84. The number of ether oxygens (including phenoxy) is 1. The fourth-order valence-corrected chi connectivity index (χ4v) is 1.86. The van der Waals surface area contributed by atoms with E-state index in [1.165, 1.54) is 12.1 Å². The van der Waals surface area contributed by atoms with E-state index in [1.54, 1.807) is 12.3 Å². The molecular formula is C9H5F3INO. The number of fused-ring (bicyclic) bond motifs is 1. The molecule has 2 aromatic rings. The molecule has 15 heavy (non-hydrogen) atoms. The first-order valence-corrected chi connectivity index (χ1v) is 5.06. The van der Waals surface area contributed by atoms with Gasteiger partial charge >= 0.3 is 6.36 Å². The molecule has 0 fully saturated rings. The molecule has 1 N–H and O–H groups in total. The third-order valence-corrected chi connectivity index (χ3v) is 2.73. The van der Waals surface area contributed by atoms with Crippen LogP contribution in [-0.4, -0.2) is 11.3 Å². The number of benzene rings is 1. The predicted octanol–water partition coefficient (Wildman–Crippen LogP) is 3.67. The normalized spacial score (nSPS) is 12.0. The number of hydrogen-bond acceptors (Lipinski definition) is 1. The summed E-state index contributed by atoms with van der Waals surface area (Å²) in [5.74, 6) is -0.201. The van der Waals surface area contributed by atoms with E-state index in [-0.39, 0.29) is 5.75 Å². The highest BCUT2D eigenvalue weighted by Gasteiger charge is 2.31. The van der Waals surface area contributed by atoms with Gasteiger partial charge in [0.2, 0.25) is 0 Å². The number of alkyl halides is 3. The van der Waals surface area contributed by atoms with Crippen LogP contribution in [0, 0.1) is 3.57 Å². The fourth-order valence-electron chi connectivity index (χ4n) is 1.26. The zero-order valence-electron chi connectivity index (χ0n) is 7.23. The van der Waals surface area contributed by atoms with Crippen LogP contribution in [0.3, 0.4) is 0 Å². The van der Waals surface area contributed by atoms with Gasteiger partial charge in [0.1, 0.15) is 5.75 Å². The van der Waals surface area contributed by atoms with Crippen molar-refractivity contribution in [1.29, 1.82) is 0 Å². The van der Waals surface area contributed by atoms with Gasteiger partial charge in [-0.2, -0.15) is 0 Å². The van der Waals surface area contributed by atoms with E-state index in [2.05, 4.69) is 9.72 Å². The van der Waals surface area contributed by atoms with Gasteiger partial charge in [-0.05, 0) is 40.8 Å². The van der Waals surface area contributed by atoms with Crippen LogP contribution >= 0.6 is 22.6 Å². The second-order valence-corrected chi connectivity index (χ2v) is 4.05. The number of H-pyrrole nitrogens is 1. The highest BCUT2D eigenvalue weighted by atomic mass is 127. The summed E-state index contributed by atoms with van der Waals surface area (Å²) in [6, 6.07) is 4.20. The fraction of sp³-hybridized carbons (Fsp3) is 0.111. The molecule has 0 aliphatic heterocycles. The molecular weight excluding hydrogens is 322 g/mol. The minimum Gasteiger partial charge on any atom is -0.406 e. The van der Waals surface area contributed by atoms with Crippen LogP contribution in [0.4, 0.5) is 13.2 Å². The molecule has 80 valence electrons. The molecule has 0 aliphatic rings. The van der Waals surface area contributed by atoms with E-state index in [0.717, 1.165) is 14.5 Å². The van der Waals surface area contributed by atoms with Gasteiger partial charge < -0.3 is 9.72 Å². The van der Waals surface area contributed by atoms with Crippen molar-refractivity contribution in [2.75, 3.05) is 0 Å². The Morgan fingerprint density at radius 1 is 1.27 bits per heavy atom. The summed E-state index contributed by atoms with van der Waals surface area (Å²) in [6.45, 7) is 0. The zero-order chi connectivity index (χ0) is 11.1. The van der Waals surface area contributed by atoms with Crippen molar-refractivity contribution in [2.45, 2.75) is 6.36 Å². The number of rotatable bonds is 1. The van der Waals surface area contributed by atoms with Crippen molar-refractivity contribution in [3.63, 3.8) is 0 Å². The summed E-state index contributed by atoms with van der Waals surface area (Å²) in [5.41, 5.74) is 0.786. The van der Waals surface area contributed by atoms with Gasteiger partial charge in [-0.15, -0.1) is 13.2 Å². The van der Waals surface area contributed by atoms with Gasteiger partial charge in [0.05, 0.1) is 0 Å². The standard InChI is InChI=1S/C9H5F3INO/c10-9(11,12)15-5-1-2-8-6(3-5)7(13)4-14-8/h1-4,14H. The van der Waals surface area contributed by atoms with E-state index < -0.39 is 6.36 Å². The maximum absolute atomic E-state index is 11.9. The second kappa shape index (κ2) is 3.58. The van der Waals surface area contributed by atoms with Gasteiger partial charge in [-0.25, -0.2) is 0 Å². The summed E-state index contributed by atoms with van der Waals surface area (Å²) in [4.78, 5) is 2.93. The average molecular weight is 327 g/mol. The van der Waals surface area contributed by atoms with Gasteiger partial charge in [0.25, 0.3) is 0 Å². The van der Waals surface area contributed by atoms with Crippen molar-refractivity contribution in [3.8, 4) is 5.75 Å². The van der Waals surface area contributed by atoms with Crippen molar-refractivity contribution in [3.05, 3.63) is 28.0 Å². The summed E-state index contributed by atoms with van der Waals surface area (Å²) in [7, 11) is 0. The molecule has 0 aliphatic carbocycles. The molecule has 6 heteroatoms. The Bertz CT molecular complexity index is 492. The van der Waals surface area contributed by atoms with Crippen LogP contribution in [0.1, 0.15) is 0 Å². The Hall–Kier alpha value is -0.920. The van der Waals surface area contributed by atoms with E-state index >= 15 is 0 Å². The Morgan fingerprint density at radius 3 is 2.67 bits per heavy atom. The van der Waals surface area contributed by atoms with Gasteiger partial charge in [-0.3, -0.25) is 0 Å². The summed E-state index contributed by atoms with van der Waals surface area (Å²) in [5, 5.41) is 0.720. The van der Waals surface area contributed by atoms with Crippen LogP contribution < -0.4 is 4.74 Å². The first-order valence-electron chi connectivity index (χ1n) is 3.98. The summed E-state index contributed by atoms with van der Waals surface area (Å²) < 4.78 is 40.5. The Morgan fingerprint density at radius 2 is 2.00 bits per heavy atom. The van der Waals surface area contributed by atoms with E-state index in [1.807, 2.05) is 22.6 Å². The number of nitrogens with one attached hydrogen (secondary N) is 1. The molecule has 0 unspecified atom stereocenters. The third kappa shape index (κ3) is 2.36. The largest absolute Gasteiger partial charge is 0.573 e. The van der Waals surface area contributed by atoms with Gasteiger partial charge in [0.15, 0.2) is 0 Å². The number of halogens is 4. The highest BCUT2D eigenvalue weighted by Crippen LogP contribution is 2.28. The van der Waals surface area contributed by atoms with Crippen molar-refractivity contribution < 1.29 is 17.9 Å². The molecule has 1 aromatic heterocycles. The molecule has 0 saturated carbocycles. The topological polar surface area (TPSA) is 25.0 Å².